The van der Waals surface area contributed by atoms with Gasteiger partial charge in [0, 0.05) is 30.3 Å². The van der Waals surface area contributed by atoms with Gasteiger partial charge in [0.2, 0.25) is 0 Å². The summed E-state index contributed by atoms with van der Waals surface area (Å²) in [7, 11) is 0. The van der Waals surface area contributed by atoms with Crippen LogP contribution in [-0.4, -0.2) is 17.4 Å². The molecule has 1 atom stereocenters. The second-order valence-corrected chi connectivity index (χ2v) is 3.64. The zero-order valence-electron chi connectivity index (χ0n) is 9.58. The number of hydrogen-bond acceptors (Lipinski definition) is 4. The highest BCUT2D eigenvalue weighted by atomic mass is 19.4. The van der Waals surface area contributed by atoms with Crippen LogP contribution >= 0.6 is 0 Å². The standard InChI is InChI=1S/C11H12F3N3O/c1-7(15)3-2-4-8-5-9(10(16)17-6-8)18-11(12,13)14/h5-7H,3,15H2,1H3,(H2,16,17)/t7-/m0/s1. The Morgan fingerprint density at radius 3 is 2.72 bits per heavy atom. The van der Waals surface area contributed by atoms with E-state index >= 15 is 0 Å². The summed E-state index contributed by atoms with van der Waals surface area (Å²) in [6.07, 6.45) is -3.11. The monoisotopic (exact) mass is 259 g/mol. The van der Waals surface area contributed by atoms with Crippen LogP contribution in [0.2, 0.25) is 0 Å². The van der Waals surface area contributed by atoms with Gasteiger partial charge < -0.3 is 16.2 Å². The van der Waals surface area contributed by atoms with Gasteiger partial charge in [0.15, 0.2) is 11.6 Å². The fraction of sp³-hybridized carbons (Fsp3) is 0.364. The molecule has 0 bridgehead atoms. The summed E-state index contributed by atoms with van der Waals surface area (Å²) < 4.78 is 39.9. The summed E-state index contributed by atoms with van der Waals surface area (Å²) in [6.45, 7) is 1.77. The van der Waals surface area contributed by atoms with Gasteiger partial charge in [-0.2, -0.15) is 0 Å². The number of pyridine rings is 1. The molecule has 0 amide bonds. The smallest absolute Gasteiger partial charge is 0.402 e. The third kappa shape index (κ3) is 4.93. The van der Waals surface area contributed by atoms with Gasteiger partial charge in [0.1, 0.15) is 0 Å². The van der Waals surface area contributed by atoms with Crippen molar-refractivity contribution in [2.45, 2.75) is 25.7 Å². The SMILES string of the molecule is C[C@H](N)CC#Cc1cnc(N)c(OC(F)(F)F)c1. The topological polar surface area (TPSA) is 74.2 Å². The van der Waals surface area contributed by atoms with E-state index in [-0.39, 0.29) is 17.4 Å². The van der Waals surface area contributed by atoms with Gasteiger partial charge in [-0.25, -0.2) is 4.98 Å². The number of ether oxygens (including phenoxy) is 1. The first kappa shape index (κ1) is 14.1. The van der Waals surface area contributed by atoms with Crippen molar-refractivity contribution in [1.82, 2.24) is 4.98 Å². The van der Waals surface area contributed by atoms with Gasteiger partial charge in [-0.15, -0.1) is 13.2 Å². The maximum absolute atomic E-state index is 12.1. The lowest BCUT2D eigenvalue weighted by Crippen LogP contribution is -2.18. The molecule has 0 aliphatic rings. The third-order valence-corrected chi connectivity index (χ3v) is 1.76. The van der Waals surface area contributed by atoms with Gasteiger partial charge in [0.25, 0.3) is 0 Å². The number of halogens is 3. The van der Waals surface area contributed by atoms with Crippen molar-refractivity contribution < 1.29 is 17.9 Å². The zero-order valence-corrected chi connectivity index (χ0v) is 9.58. The van der Waals surface area contributed by atoms with Crippen LogP contribution in [0.15, 0.2) is 12.3 Å². The van der Waals surface area contributed by atoms with Gasteiger partial charge in [-0.05, 0) is 6.92 Å². The molecule has 1 heterocycles. The normalized spacial score (nSPS) is 12.5. The summed E-state index contributed by atoms with van der Waals surface area (Å²) in [5.41, 5.74) is 11.0. The predicted molar refractivity (Wildman–Crippen MR) is 60.5 cm³/mol. The number of nitrogens with two attached hydrogens (primary N) is 2. The van der Waals surface area contributed by atoms with Crippen LogP contribution in [0.1, 0.15) is 18.9 Å². The summed E-state index contributed by atoms with van der Waals surface area (Å²) in [5.74, 6) is 4.45. The first-order chi connectivity index (χ1) is 8.28. The van der Waals surface area contributed by atoms with Crippen molar-refractivity contribution >= 4 is 5.82 Å². The minimum Gasteiger partial charge on any atom is -0.402 e. The average molecular weight is 259 g/mol. The Bertz CT molecular complexity index is 475. The van der Waals surface area contributed by atoms with E-state index in [0.717, 1.165) is 6.07 Å². The molecule has 0 unspecified atom stereocenters. The maximum atomic E-state index is 12.1. The molecule has 7 heteroatoms. The Balaban J connectivity index is 2.89. The predicted octanol–water partition coefficient (Wildman–Crippen LogP) is 1.65. The number of hydrogen-bond donors (Lipinski definition) is 2. The minimum atomic E-state index is -4.81. The number of aromatic nitrogens is 1. The van der Waals surface area contributed by atoms with E-state index in [0.29, 0.717) is 6.42 Å². The van der Waals surface area contributed by atoms with Gasteiger partial charge in [-0.1, -0.05) is 11.8 Å². The van der Waals surface area contributed by atoms with Gasteiger partial charge >= 0.3 is 6.36 Å². The fourth-order valence-corrected chi connectivity index (χ4v) is 1.04. The highest BCUT2D eigenvalue weighted by Crippen LogP contribution is 2.27. The number of alkyl halides is 3. The van der Waals surface area contributed by atoms with Crippen LogP contribution in [0.4, 0.5) is 19.0 Å². The molecule has 0 radical (unpaired) electrons. The first-order valence-electron chi connectivity index (χ1n) is 5.03. The third-order valence-electron chi connectivity index (χ3n) is 1.76. The number of anilines is 1. The molecule has 0 fully saturated rings. The molecule has 0 saturated heterocycles. The molecule has 0 spiro atoms. The molecule has 18 heavy (non-hydrogen) atoms. The number of nitrogens with zero attached hydrogens (tertiary/aromatic N) is 1. The summed E-state index contributed by atoms with van der Waals surface area (Å²) in [4.78, 5) is 3.58. The van der Waals surface area contributed by atoms with Crippen molar-refractivity contribution in [2.24, 2.45) is 5.73 Å². The maximum Gasteiger partial charge on any atom is 0.573 e. The van der Waals surface area contributed by atoms with Crippen molar-refractivity contribution in [2.75, 3.05) is 5.73 Å². The molecule has 0 aliphatic heterocycles. The van der Waals surface area contributed by atoms with Crippen LogP contribution in [0, 0.1) is 11.8 Å². The molecule has 1 aromatic rings. The Morgan fingerprint density at radius 2 is 2.17 bits per heavy atom. The van der Waals surface area contributed by atoms with Crippen molar-refractivity contribution in [3.8, 4) is 17.6 Å². The molecule has 4 nitrogen and oxygen atoms in total. The largest absolute Gasteiger partial charge is 0.573 e. The molecule has 0 aromatic carbocycles. The lowest BCUT2D eigenvalue weighted by molar-refractivity contribution is -0.274. The second kappa shape index (κ2) is 5.60. The van der Waals surface area contributed by atoms with E-state index in [1.165, 1.54) is 6.20 Å². The first-order valence-corrected chi connectivity index (χ1v) is 5.03. The van der Waals surface area contributed by atoms with Crippen LogP contribution in [-0.2, 0) is 0 Å². The molecule has 1 aromatic heterocycles. The highest BCUT2D eigenvalue weighted by molar-refractivity contribution is 5.50. The molecule has 0 aliphatic carbocycles. The van der Waals surface area contributed by atoms with Crippen molar-refractivity contribution in [3.63, 3.8) is 0 Å². The van der Waals surface area contributed by atoms with Crippen LogP contribution in [0.3, 0.4) is 0 Å². The summed E-state index contributed by atoms with van der Waals surface area (Å²) in [5, 5.41) is 0. The second-order valence-electron chi connectivity index (χ2n) is 3.64. The van der Waals surface area contributed by atoms with Crippen LogP contribution < -0.4 is 16.2 Å². The molecule has 1 rings (SSSR count). The summed E-state index contributed by atoms with van der Waals surface area (Å²) in [6, 6.07) is 0.981. The number of rotatable bonds is 2. The molecule has 98 valence electrons. The molecule has 0 saturated carbocycles. The fourth-order valence-electron chi connectivity index (χ4n) is 1.04. The van der Waals surface area contributed by atoms with E-state index in [2.05, 4.69) is 21.6 Å². The van der Waals surface area contributed by atoms with E-state index in [4.69, 9.17) is 11.5 Å². The zero-order chi connectivity index (χ0) is 13.8. The van der Waals surface area contributed by atoms with E-state index in [1.807, 2.05) is 0 Å². The Morgan fingerprint density at radius 1 is 1.50 bits per heavy atom. The minimum absolute atomic E-state index is 0.106. The molecular formula is C11H12F3N3O. The Hall–Kier alpha value is -1.94. The van der Waals surface area contributed by atoms with Crippen LogP contribution in [0.25, 0.3) is 0 Å². The van der Waals surface area contributed by atoms with E-state index in [9.17, 15) is 13.2 Å². The lowest BCUT2D eigenvalue weighted by Gasteiger charge is -2.10. The lowest BCUT2D eigenvalue weighted by atomic mass is 10.2. The highest BCUT2D eigenvalue weighted by Gasteiger charge is 2.32. The molecular weight excluding hydrogens is 247 g/mol. The van der Waals surface area contributed by atoms with E-state index in [1.54, 1.807) is 6.92 Å². The van der Waals surface area contributed by atoms with Crippen molar-refractivity contribution in [1.29, 1.82) is 0 Å². The van der Waals surface area contributed by atoms with Gasteiger partial charge in [-0.3, -0.25) is 0 Å². The van der Waals surface area contributed by atoms with Crippen molar-refractivity contribution in [3.05, 3.63) is 17.8 Å². The van der Waals surface area contributed by atoms with E-state index < -0.39 is 12.1 Å². The van der Waals surface area contributed by atoms with Gasteiger partial charge in [0.05, 0.1) is 0 Å². The average Bonchev–Trinajstić information content (AvgIpc) is 2.20. The molecule has 4 N–H and O–H groups in total. The quantitative estimate of drug-likeness (QED) is 0.792. The Kier molecular flexibility index (Phi) is 4.39. The Labute approximate surface area is 102 Å². The van der Waals surface area contributed by atoms with Crippen LogP contribution in [0.5, 0.6) is 5.75 Å². The summed E-state index contributed by atoms with van der Waals surface area (Å²) >= 11 is 0. The number of nitrogen functional groups attached to an aromatic ring is 1.